The van der Waals surface area contributed by atoms with Crippen molar-refractivity contribution in [2.75, 3.05) is 36.4 Å². The molecule has 0 atom stereocenters. The molecule has 7 heteroatoms. The summed E-state index contributed by atoms with van der Waals surface area (Å²) in [4.78, 5) is 31.2. The van der Waals surface area contributed by atoms with Gasteiger partial charge in [-0.25, -0.2) is 9.18 Å². The van der Waals surface area contributed by atoms with Crippen LogP contribution in [0.25, 0.3) is 0 Å². The maximum absolute atomic E-state index is 13.5. The molecule has 5 rings (SSSR count). The molecule has 33 heavy (non-hydrogen) atoms. The molecule has 2 aliphatic rings. The number of anilines is 2. The van der Waals surface area contributed by atoms with Gasteiger partial charge in [0.1, 0.15) is 5.82 Å². The lowest BCUT2D eigenvalue weighted by Crippen LogP contribution is -2.48. The van der Waals surface area contributed by atoms with Crippen molar-refractivity contribution in [3.63, 3.8) is 0 Å². The minimum Gasteiger partial charge on any atom is -0.368 e. The van der Waals surface area contributed by atoms with Gasteiger partial charge < -0.3 is 20.0 Å². The fourth-order valence-electron chi connectivity index (χ4n) is 4.40. The molecule has 0 saturated carbocycles. The number of carbonyl (C=O) groups is 2. The second kappa shape index (κ2) is 8.94. The predicted molar refractivity (Wildman–Crippen MR) is 126 cm³/mol. The Morgan fingerprint density at radius 2 is 1.42 bits per heavy atom. The van der Waals surface area contributed by atoms with E-state index in [1.807, 2.05) is 35.2 Å². The van der Waals surface area contributed by atoms with Crippen LogP contribution in [-0.2, 0) is 13.1 Å². The van der Waals surface area contributed by atoms with Crippen LogP contribution in [-0.4, -0.2) is 47.9 Å². The molecule has 1 saturated heterocycles. The average molecular weight is 445 g/mol. The van der Waals surface area contributed by atoms with Crippen molar-refractivity contribution in [3.8, 4) is 0 Å². The number of piperazine rings is 1. The normalized spacial score (nSPS) is 15.4. The lowest BCUT2D eigenvalue weighted by molar-refractivity contribution is 0.0747. The molecule has 3 aromatic carbocycles. The highest BCUT2D eigenvalue weighted by molar-refractivity contribution is 5.95. The van der Waals surface area contributed by atoms with Gasteiger partial charge in [-0.3, -0.25) is 4.79 Å². The van der Waals surface area contributed by atoms with Crippen molar-refractivity contribution in [2.45, 2.75) is 13.1 Å². The van der Waals surface area contributed by atoms with E-state index in [-0.39, 0.29) is 17.8 Å². The van der Waals surface area contributed by atoms with Crippen LogP contribution in [0.3, 0.4) is 0 Å². The van der Waals surface area contributed by atoms with E-state index >= 15 is 0 Å². The number of fused-ring (bicyclic) bond motifs is 1. The number of nitrogens with zero attached hydrogens (tertiary/aromatic N) is 3. The maximum Gasteiger partial charge on any atom is 0.322 e. The zero-order chi connectivity index (χ0) is 22.8. The van der Waals surface area contributed by atoms with Gasteiger partial charge in [-0.15, -0.1) is 0 Å². The molecule has 0 aliphatic carbocycles. The molecule has 1 fully saturated rings. The lowest BCUT2D eigenvalue weighted by atomic mass is 10.1. The Morgan fingerprint density at radius 3 is 2.06 bits per heavy atom. The molecule has 0 bridgehead atoms. The molecule has 1 N–H and O–H groups in total. The first-order valence-corrected chi connectivity index (χ1v) is 11.1. The van der Waals surface area contributed by atoms with Crippen LogP contribution >= 0.6 is 0 Å². The van der Waals surface area contributed by atoms with Crippen molar-refractivity contribution >= 4 is 23.3 Å². The summed E-state index contributed by atoms with van der Waals surface area (Å²) in [5.74, 6) is -0.297. The smallest absolute Gasteiger partial charge is 0.322 e. The molecule has 3 aromatic rings. The quantitative estimate of drug-likeness (QED) is 0.654. The van der Waals surface area contributed by atoms with E-state index in [2.05, 4.69) is 10.2 Å². The van der Waals surface area contributed by atoms with Gasteiger partial charge in [0.05, 0.1) is 0 Å². The average Bonchev–Trinajstić information content (AvgIpc) is 3.29. The highest BCUT2D eigenvalue weighted by atomic mass is 19.1. The summed E-state index contributed by atoms with van der Waals surface area (Å²) in [7, 11) is 0. The first-order chi connectivity index (χ1) is 16.1. The molecule has 6 nitrogen and oxygen atoms in total. The molecule has 0 aromatic heterocycles. The molecule has 0 radical (unpaired) electrons. The number of carbonyl (C=O) groups excluding carboxylic acids is 2. The van der Waals surface area contributed by atoms with E-state index in [0.29, 0.717) is 50.5 Å². The molecule has 0 unspecified atom stereocenters. The maximum atomic E-state index is 13.5. The van der Waals surface area contributed by atoms with Gasteiger partial charge in [0.25, 0.3) is 5.91 Å². The number of rotatable bonds is 3. The standard InChI is InChI=1S/C26H25FN4O2/c27-22-6-3-7-24(16-22)29-12-14-30(15-13-29)25(32)19-8-10-23(11-9-19)28-26(33)31-17-20-4-1-2-5-21(20)18-31/h1-11,16H,12-15,17-18H2,(H,28,33). The first kappa shape index (κ1) is 21.0. The van der Waals surface area contributed by atoms with E-state index in [9.17, 15) is 14.0 Å². The fourth-order valence-corrected chi connectivity index (χ4v) is 4.40. The monoisotopic (exact) mass is 444 g/mol. The molecule has 2 aliphatic heterocycles. The Balaban J connectivity index is 1.15. The van der Waals surface area contributed by atoms with Crippen molar-refractivity contribution in [2.24, 2.45) is 0 Å². The second-order valence-electron chi connectivity index (χ2n) is 8.39. The number of hydrogen-bond donors (Lipinski definition) is 1. The van der Waals surface area contributed by atoms with Gasteiger partial charge in [-0.1, -0.05) is 30.3 Å². The van der Waals surface area contributed by atoms with E-state index in [1.165, 1.54) is 23.3 Å². The molecule has 2 heterocycles. The summed E-state index contributed by atoms with van der Waals surface area (Å²) >= 11 is 0. The summed E-state index contributed by atoms with van der Waals surface area (Å²) < 4.78 is 13.5. The minimum atomic E-state index is -0.257. The van der Waals surface area contributed by atoms with E-state index in [1.54, 1.807) is 35.2 Å². The fraction of sp³-hybridized carbons (Fsp3) is 0.231. The van der Waals surface area contributed by atoms with E-state index in [4.69, 9.17) is 0 Å². The number of halogens is 1. The Kier molecular flexibility index (Phi) is 5.69. The number of amides is 3. The van der Waals surface area contributed by atoms with Crippen LogP contribution in [0.1, 0.15) is 21.5 Å². The van der Waals surface area contributed by atoms with Crippen LogP contribution < -0.4 is 10.2 Å². The molecule has 3 amide bonds. The third-order valence-corrected chi connectivity index (χ3v) is 6.25. The minimum absolute atomic E-state index is 0.0400. The summed E-state index contributed by atoms with van der Waals surface area (Å²) in [6.45, 7) is 3.65. The van der Waals surface area contributed by atoms with Crippen LogP contribution in [0.5, 0.6) is 0 Å². The third-order valence-electron chi connectivity index (χ3n) is 6.25. The molecule has 0 spiro atoms. The zero-order valence-electron chi connectivity index (χ0n) is 18.2. The Morgan fingerprint density at radius 1 is 0.758 bits per heavy atom. The van der Waals surface area contributed by atoms with Crippen molar-refractivity contribution in [1.82, 2.24) is 9.80 Å². The number of nitrogens with one attached hydrogen (secondary N) is 1. The molecular weight excluding hydrogens is 419 g/mol. The van der Waals surface area contributed by atoms with Crippen molar-refractivity contribution in [3.05, 3.63) is 95.3 Å². The van der Waals surface area contributed by atoms with Crippen molar-refractivity contribution < 1.29 is 14.0 Å². The van der Waals surface area contributed by atoms with Gasteiger partial charge in [0, 0.05) is 56.2 Å². The van der Waals surface area contributed by atoms with Crippen LogP contribution in [0, 0.1) is 5.82 Å². The largest absolute Gasteiger partial charge is 0.368 e. The molecular formula is C26H25FN4O2. The zero-order valence-corrected chi connectivity index (χ0v) is 18.2. The van der Waals surface area contributed by atoms with Gasteiger partial charge in [0.2, 0.25) is 0 Å². The van der Waals surface area contributed by atoms with E-state index in [0.717, 1.165) is 5.69 Å². The van der Waals surface area contributed by atoms with Gasteiger partial charge in [0.15, 0.2) is 0 Å². The predicted octanol–water partition coefficient (Wildman–Crippen LogP) is 4.34. The first-order valence-electron chi connectivity index (χ1n) is 11.1. The number of hydrogen-bond acceptors (Lipinski definition) is 3. The second-order valence-corrected chi connectivity index (χ2v) is 8.39. The number of urea groups is 1. The van der Waals surface area contributed by atoms with Crippen molar-refractivity contribution in [1.29, 1.82) is 0 Å². The van der Waals surface area contributed by atoms with Crippen LogP contribution in [0.4, 0.5) is 20.6 Å². The van der Waals surface area contributed by atoms with Gasteiger partial charge in [-0.2, -0.15) is 0 Å². The Bertz CT molecular complexity index is 1150. The summed E-state index contributed by atoms with van der Waals surface area (Å²) in [5.41, 5.74) is 4.42. The topological polar surface area (TPSA) is 55.9 Å². The highest BCUT2D eigenvalue weighted by Gasteiger charge is 2.24. The summed E-state index contributed by atoms with van der Waals surface area (Å²) in [5, 5.41) is 2.92. The van der Waals surface area contributed by atoms with Gasteiger partial charge >= 0.3 is 6.03 Å². The number of benzene rings is 3. The lowest BCUT2D eigenvalue weighted by Gasteiger charge is -2.36. The Labute approximate surface area is 192 Å². The third kappa shape index (κ3) is 4.53. The van der Waals surface area contributed by atoms with E-state index < -0.39 is 0 Å². The SMILES string of the molecule is O=C(Nc1ccc(C(=O)N2CCN(c3cccc(F)c3)CC2)cc1)N1Cc2ccccc2C1. The van der Waals surface area contributed by atoms with Crippen LogP contribution in [0.15, 0.2) is 72.8 Å². The van der Waals surface area contributed by atoms with Gasteiger partial charge in [-0.05, 0) is 53.6 Å². The highest BCUT2D eigenvalue weighted by Crippen LogP contribution is 2.23. The van der Waals surface area contributed by atoms with Crippen LogP contribution in [0.2, 0.25) is 0 Å². The Hall–Kier alpha value is -3.87. The summed E-state index contributed by atoms with van der Waals surface area (Å²) in [6, 6.07) is 21.4. The summed E-state index contributed by atoms with van der Waals surface area (Å²) in [6.07, 6.45) is 0. The molecule has 168 valence electrons.